The summed E-state index contributed by atoms with van der Waals surface area (Å²) in [6.45, 7) is 13.8. The molecular weight excluding hydrogens is 344 g/mol. The second-order valence-corrected chi connectivity index (χ2v) is 13.0. The molecule has 1 rings (SSSR count). The molecule has 0 aliphatic heterocycles. The van der Waals surface area contributed by atoms with Gasteiger partial charge in [-0.1, -0.05) is 59.2 Å². The van der Waals surface area contributed by atoms with Crippen LogP contribution in [0.2, 0.25) is 21.6 Å². The maximum atomic E-state index is 11.2. The number of carbonyl (C=O) groups is 1. The van der Waals surface area contributed by atoms with Crippen LogP contribution in [0.4, 0.5) is 0 Å². The number of rotatable bonds is 8. The highest BCUT2D eigenvalue weighted by molar-refractivity contribution is 6.77. The zero-order chi connectivity index (χ0) is 18.7. The Morgan fingerprint density at radius 3 is 2.04 bits per heavy atom. The summed E-state index contributed by atoms with van der Waals surface area (Å²) in [6.07, 6.45) is 0.462. The zero-order valence-corrected chi connectivity index (χ0v) is 17.1. The van der Waals surface area contributed by atoms with Crippen LogP contribution in [0.25, 0.3) is 0 Å². The molecule has 0 aliphatic carbocycles. The first kappa shape index (κ1) is 21.0. The van der Waals surface area contributed by atoms with Crippen molar-refractivity contribution < 1.29 is 19.4 Å². The summed E-state index contributed by atoms with van der Waals surface area (Å²) in [6, 6.07) is 3.18. The molecule has 4 nitrogen and oxygen atoms in total. The average molecular weight is 373 g/mol. The highest BCUT2D eigenvalue weighted by Gasteiger charge is 2.44. The molecule has 0 amide bonds. The molecular formula is C18H29ClO4Si. The molecule has 0 bridgehead atoms. The number of aromatic hydroxyl groups is 1. The van der Waals surface area contributed by atoms with Crippen LogP contribution in [0.3, 0.4) is 0 Å². The lowest BCUT2D eigenvalue weighted by Gasteiger charge is -2.42. The molecule has 0 saturated carbocycles. The molecule has 136 valence electrons. The lowest BCUT2D eigenvalue weighted by Crippen LogP contribution is -2.48. The number of phenols is 1. The molecule has 0 unspecified atom stereocenters. The summed E-state index contributed by atoms with van der Waals surface area (Å²) < 4.78 is 6.45. The van der Waals surface area contributed by atoms with E-state index in [0.717, 1.165) is 0 Å². The molecule has 0 fully saturated rings. The normalized spacial score (nSPS) is 12.4. The molecule has 24 heavy (non-hydrogen) atoms. The van der Waals surface area contributed by atoms with E-state index in [9.17, 15) is 15.0 Å². The highest BCUT2D eigenvalue weighted by Crippen LogP contribution is 2.42. The van der Waals surface area contributed by atoms with Gasteiger partial charge in [-0.3, -0.25) is 0 Å². The van der Waals surface area contributed by atoms with Gasteiger partial charge in [0.2, 0.25) is 0 Å². The van der Waals surface area contributed by atoms with Crippen LogP contribution in [0.1, 0.15) is 57.5 Å². The third-order valence-corrected chi connectivity index (χ3v) is 11.3. The van der Waals surface area contributed by atoms with E-state index in [1.807, 2.05) is 0 Å². The third-order valence-electron chi connectivity index (χ3n) is 4.86. The van der Waals surface area contributed by atoms with E-state index in [0.29, 0.717) is 35.2 Å². The summed E-state index contributed by atoms with van der Waals surface area (Å²) in [4.78, 5) is 11.2. The molecule has 0 heterocycles. The maximum Gasteiger partial charge on any atom is 0.341 e. The number of carboxylic acid groups (broad SMARTS) is 1. The number of halogens is 1. The third kappa shape index (κ3) is 4.13. The van der Waals surface area contributed by atoms with E-state index in [4.69, 9.17) is 16.0 Å². The number of benzene rings is 1. The van der Waals surface area contributed by atoms with E-state index >= 15 is 0 Å². The van der Waals surface area contributed by atoms with Crippen molar-refractivity contribution in [1.29, 1.82) is 0 Å². The fraction of sp³-hybridized carbons (Fsp3) is 0.611. The molecule has 0 radical (unpaired) electrons. The Balaban J connectivity index is 2.98. The van der Waals surface area contributed by atoms with Gasteiger partial charge in [-0.15, -0.1) is 0 Å². The zero-order valence-electron chi connectivity index (χ0n) is 15.4. The number of hydrogen-bond acceptors (Lipinski definition) is 3. The van der Waals surface area contributed by atoms with Crippen molar-refractivity contribution in [3.05, 3.63) is 28.3 Å². The number of carboxylic acids is 1. The van der Waals surface area contributed by atoms with Gasteiger partial charge in [0.15, 0.2) is 8.32 Å². The fourth-order valence-electron chi connectivity index (χ4n) is 3.85. The Bertz CT molecular complexity index is 563. The lowest BCUT2D eigenvalue weighted by molar-refractivity contribution is 0.0693. The molecule has 6 heteroatoms. The first-order chi connectivity index (χ1) is 11.1. The van der Waals surface area contributed by atoms with Crippen LogP contribution in [0.5, 0.6) is 5.75 Å². The Kier molecular flexibility index (Phi) is 7.32. The maximum absolute atomic E-state index is 11.2. The quantitative estimate of drug-likeness (QED) is 0.593. The minimum absolute atomic E-state index is 0.0416. The minimum atomic E-state index is -1.97. The first-order valence-corrected chi connectivity index (χ1v) is 10.9. The summed E-state index contributed by atoms with van der Waals surface area (Å²) in [5.74, 6) is -1.49. The second kappa shape index (κ2) is 8.36. The molecule has 0 aromatic heterocycles. The molecule has 1 aromatic carbocycles. The Hall–Kier alpha value is -1.04. The SMILES string of the molecule is CC(C)[Si](OCCc1ccc(Cl)c(C(=O)O)c1O)(C(C)C)C(C)C. The van der Waals surface area contributed by atoms with Crippen LogP contribution in [-0.4, -0.2) is 31.1 Å². The van der Waals surface area contributed by atoms with Crippen LogP contribution >= 0.6 is 11.6 Å². The van der Waals surface area contributed by atoms with Crippen molar-refractivity contribution in [1.82, 2.24) is 0 Å². The molecule has 0 atom stereocenters. The van der Waals surface area contributed by atoms with Crippen LogP contribution in [0, 0.1) is 0 Å². The lowest BCUT2D eigenvalue weighted by atomic mass is 10.1. The first-order valence-electron chi connectivity index (χ1n) is 8.43. The summed E-state index contributed by atoms with van der Waals surface area (Å²) >= 11 is 5.86. The Morgan fingerprint density at radius 1 is 1.12 bits per heavy atom. The van der Waals surface area contributed by atoms with Gasteiger partial charge in [-0.2, -0.15) is 0 Å². The predicted octanol–water partition coefficient (Wildman–Crippen LogP) is 5.48. The largest absolute Gasteiger partial charge is 0.507 e. The monoisotopic (exact) mass is 372 g/mol. The highest BCUT2D eigenvalue weighted by atomic mass is 35.5. The molecule has 0 aliphatic rings. The van der Waals surface area contributed by atoms with Crippen molar-refractivity contribution in [2.45, 2.75) is 64.6 Å². The van der Waals surface area contributed by atoms with Gasteiger partial charge in [-0.05, 0) is 34.7 Å². The van der Waals surface area contributed by atoms with Gasteiger partial charge in [0.05, 0.1) is 5.02 Å². The summed E-state index contributed by atoms with van der Waals surface area (Å²) in [5.41, 5.74) is 1.74. The minimum Gasteiger partial charge on any atom is -0.507 e. The van der Waals surface area contributed by atoms with Crippen molar-refractivity contribution >= 4 is 25.9 Å². The molecule has 2 N–H and O–H groups in total. The van der Waals surface area contributed by atoms with Crippen LogP contribution in [-0.2, 0) is 10.8 Å². The Morgan fingerprint density at radius 2 is 1.62 bits per heavy atom. The summed E-state index contributed by atoms with van der Waals surface area (Å²) in [5, 5.41) is 19.4. The van der Waals surface area contributed by atoms with Crippen LogP contribution in [0.15, 0.2) is 12.1 Å². The van der Waals surface area contributed by atoms with Crippen molar-refractivity contribution in [2.24, 2.45) is 0 Å². The van der Waals surface area contributed by atoms with Crippen molar-refractivity contribution in [2.75, 3.05) is 6.61 Å². The number of aromatic carboxylic acids is 1. The van der Waals surface area contributed by atoms with Crippen molar-refractivity contribution in [3.63, 3.8) is 0 Å². The van der Waals surface area contributed by atoms with E-state index in [-0.39, 0.29) is 16.3 Å². The van der Waals surface area contributed by atoms with Gasteiger partial charge in [-0.25, -0.2) is 4.79 Å². The van der Waals surface area contributed by atoms with Gasteiger partial charge in [0.1, 0.15) is 11.3 Å². The smallest absolute Gasteiger partial charge is 0.341 e. The predicted molar refractivity (Wildman–Crippen MR) is 101 cm³/mol. The Labute approximate surface area is 150 Å². The van der Waals surface area contributed by atoms with E-state index in [1.165, 1.54) is 6.07 Å². The summed E-state index contributed by atoms with van der Waals surface area (Å²) in [7, 11) is -1.97. The molecule has 0 saturated heterocycles. The van der Waals surface area contributed by atoms with Crippen molar-refractivity contribution in [3.8, 4) is 5.75 Å². The van der Waals surface area contributed by atoms with E-state index < -0.39 is 14.3 Å². The van der Waals surface area contributed by atoms with Gasteiger partial charge in [0.25, 0.3) is 0 Å². The van der Waals surface area contributed by atoms with E-state index in [1.54, 1.807) is 6.07 Å². The number of hydrogen-bond donors (Lipinski definition) is 2. The fourth-order valence-corrected chi connectivity index (χ4v) is 9.54. The van der Waals surface area contributed by atoms with E-state index in [2.05, 4.69) is 41.5 Å². The molecule has 0 spiro atoms. The second-order valence-electron chi connectivity index (χ2n) is 7.15. The standard InChI is InChI=1S/C18H29ClO4Si/c1-11(2)24(12(3)4,13(5)6)23-10-9-14-7-8-15(19)16(17(14)20)18(21)22/h7-8,11-13,20H,9-10H2,1-6H3,(H,21,22). The average Bonchev–Trinajstić information content (AvgIpc) is 2.44. The van der Waals surface area contributed by atoms with Gasteiger partial charge < -0.3 is 14.6 Å². The topological polar surface area (TPSA) is 66.8 Å². The van der Waals surface area contributed by atoms with Crippen LogP contribution < -0.4 is 0 Å². The van der Waals surface area contributed by atoms with Gasteiger partial charge >= 0.3 is 5.97 Å². The van der Waals surface area contributed by atoms with Gasteiger partial charge in [0, 0.05) is 6.61 Å². The molecule has 1 aromatic rings.